The molecular weight excluding hydrogens is 718 g/mol. The number of benzene rings is 1. The molecule has 10 atom stereocenters. The van der Waals surface area contributed by atoms with Gasteiger partial charge in [-0.2, -0.15) is 0 Å². The lowest BCUT2D eigenvalue weighted by Crippen LogP contribution is -2.67. The average Bonchev–Trinajstić information content (AvgIpc) is 3.03. The highest BCUT2D eigenvalue weighted by atomic mass is 16.8. The number of carbonyl (C=O) groups excluding carboxylic acids is 7. The van der Waals surface area contributed by atoms with Crippen molar-refractivity contribution in [2.24, 2.45) is 0 Å². The Morgan fingerprint density at radius 2 is 0.925 bits per heavy atom. The molecule has 0 saturated carbocycles. The smallest absolute Gasteiger partial charge is 0.303 e. The van der Waals surface area contributed by atoms with E-state index in [-0.39, 0.29) is 11.4 Å². The summed E-state index contributed by atoms with van der Waals surface area (Å²) in [5.74, 6) is -6.24. The highest BCUT2D eigenvalue weighted by molar-refractivity contribution is 5.69. The van der Waals surface area contributed by atoms with Gasteiger partial charge in [0.2, 0.25) is 6.29 Å². The quantitative estimate of drug-likeness (QED) is 0.109. The van der Waals surface area contributed by atoms with E-state index in [1.54, 1.807) is 0 Å². The Hall–Kier alpha value is -5.41. The molecule has 21 heteroatoms. The number of nitrogens with zero attached hydrogens (tertiary/aromatic N) is 1. The molecule has 2 heterocycles. The molecule has 2 fully saturated rings. The fourth-order valence-corrected chi connectivity index (χ4v) is 5.35. The molecule has 292 valence electrons. The summed E-state index contributed by atoms with van der Waals surface area (Å²) < 4.78 is 61.9. The van der Waals surface area contributed by atoms with E-state index < -0.39 is 121 Å². The minimum atomic E-state index is -1.88. The summed E-state index contributed by atoms with van der Waals surface area (Å²) in [6, 6.07) is 4.65. The SMILES string of the molecule is CC(=O)OC[C@@H]1O[C@H](O[C@@H]2[C@@H](OC(C)=O)[C@H](Oc3ccc([N+](=O)[O-])cc3)O[C@H](COC(C)=O)[C@H]2OC(C)=O)[C@@H](OC(C)=O)[C@H](OC(C)=O)[C@H]1OC(C)=O. The third kappa shape index (κ3) is 12.4. The van der Waals surface area contributed by atoms with Gasteiger partial charge in [0, 0.05) is 60.6 Å². The maximum absolute atomic E-state index is 12.5. The Bertz CT molecular complexity index is 1530. The van der Waals surface area contributed by atoms with Crippen LogP contribution in [0.15, 0.2) is 24.3 Å². The van der Waals surface area contributed by atoms with Crippen molar-refractivity contribution in [3.8, 4) is 5.75 Å². The van der Waals surface area contributed by atoms with Crippen molar-refractivity contribution in [1.29, 1.82) is 0 Å². The minimum Gasteiger partial charge on any atom is -0.463 e. The van der Waals surface area contributed by atoms with Crippen LogP contribution in [-0.2, 0) is 80.9 Å². The van der Waals surface area contributed by atoms with Crippen LogP contribution in [0.2, 0.25) is 0 Å². The predicted molar refractivity (Wildman–Crippen MR) is 167 cm³/mol. The summed E-state index contributed by atoms with van der Waals surface area (Å²) in [6.45, 7) is 6.01. The molecule has 0 aromatic heterocycles. The number of nitro benzene ring substituents is 1. The van der Waals surface area contributed by atoms with E-state index in [0.29, 0.717) is 0 Å². The van der Waals surface area contributed by atoms with Crippen LogP contribution in [0.4, 0.5) is 5.69 Å². The number of esters is 7. The molecule has 53 heavy (non-hydrogen) atoms. The summed E-state index contributed by atoms with van der Waals surface area (Å²) in [5, 5.41) is 11.2. The lowest BCUT2D eigenvalue weighted by molar-refractivity contribution is -0.384. The van der Waals surface area contributed by atoms with Gasteiger partial charge in [0.1, 0.15) is 37.3 Å². The molecular formula is C32H39NO20. The fourth-order valence-electron chi connectivity index (χ4n) is 5.35. The van der Waals surface area contributed by atoms with Crippen LogP contribution in [-0.4, -0.2) is 121 Å². The second kappa shape index (κ2) is 18.9. The Morgan fingerprint density at radius 3 is 1.34 bits per heavy atom. The minimum absolute atomic E-state index is 0.0408. The van der Waals surface area contributed by atoms with E-state index in [1.165, 1.54) is 12.1 Å². The van der Waals surface area contributed by atoms with E-state index in [2.05, 4.69) is 0 Å². The van der Waals surface area contributed by atoms with Gasteiger partial charge in [0.25, 0.3) is 5.69 Å². The number of rotatable bonds is 14. The molecule has 0 amide bonds. The van der Waals surface area contributed by atoms with E-state index in [9.17, 15) is 43.7 Å². The van der Waals surface area contributed by atoms with Crippen molar-refractivity contribution in [3.05, 3.63) is 34.4 Å². The molecule has 3 rings (SSSR count). The molecule has 0 bridgehead atoms. The van der Waals surface area contributed by atoms with Crippen LogP contribution in [0.5, 0.6) is 5.75 Å². The maximum Gasteiger partial charge on any atom is 0.303 e. The lowest BCUT2D eigenvalue weighted by Gasteiger charge is -2.48. The van der Waals surface area contributed by atoms with Gasteiger partial charge in [-0.25, -0.2) is 0 Å². The maximum atomic E-state index is 12.5. The second-order valence-corrected chi connectivity index (χ2v) is 11.5. The Labute approximate surface area is 301 Å². The van der Waals surface area contributed by atoms with Crippen molar-refractivity contribution in [3.63, 3.8) is 0 Å². The number of non-ortho nitro benzene ring substituents is 1. The summed E-state index contributed by atoms with van der Waals surface area (Å²) in [4.78, 5) is 96.1. The van der Waals surface area contributed by atoms with Crippen molar-refractivity contribution in [1.82, 2.24) is 0 Å². The van der Waals surface area contributed by atoms with Crippen LogP contribution in [0, 0.1) is 10.1 Å². The van der Waals surface area contributed by atoms with Gasteiger partial charge in [0.05, 0.1) is 4.92 Å². The zero-order valence-corrected chi connectivity index (χ0v) is 29.6. The van der Waals surface area contributed by atoms with Crippen LogP contribution in [0.1, 0.15) is 48.5 Å². The highest BCUT2D eigenvalue weighted by Crippen LogP contribution is 2.36. The molecule has 0 radical (unpaired) electrons. The van der Waals surface area contributed by atoms with Crippen molar-refractivity contribution in [2.45, 2.75) is 110 Å². The zero-order chi connectivity index (χ0) is 39.6. The summed E-state index contributed by atoms with van der Waals surface area (Å²) >= 11 is 0. The van der Waals surface area contributed by atoms with Crippen LogP contribution >= 0.6 is 0 Å². The van der Waals surface area contributed by atoms with Crippen molar-refractivity contribution < 1.29 is 90.6 Å². The number of carbonyl (C=O) groups is 7. The van der Waals surface area contributed by atoms with Crippen LogP contribution in [0.3, 0.4) is 0 Å². The molecule has 0 spiro atoms. The second-order valence-electron chi connectivity index (χ2n) is 11.5. The van der Waals surface area contributed by atoms with Gasteiger partial charge >= 0.3 is 41.8 Å². The molecule has 1 aromatic carbocycles. The van der Waals surface area contributed by atoms with Crippen LogP contribution < -0.4 is 4.74 Å². The van der Waals surface area contributed by atoms with Crippen LogP contribution in [0.25, 0.3) is 0 Å². The predicted octanol–water partition coefficient (Wildman–Crippen LogP) is 0.593. The van der Waals surface area contributed by atoms with Crippen molar-refractivity contribution in [2.75, 3.05) is 13.2 Å². The molecule has 21 nitrogen and oxygen atoms in total. The number of ether oxygens (including phenoxy) is 11. The first-order valence-corrected chi connectivity index (χ1v) is 15.9. The highest BCUT2D eigenvalue weighted by Gasteiger charge is 2.58. The third-order valence-corrected chi connectivity index (χ3v) is 7.19. The average molecular weight is 758 g/mol. The van der Waals surface area contributed by atoms with E-state index in [1.807, 2.05) is 0 Å². The van der Waals surface area contributed by atoms with Gasteiger partial charge in [-0.1, -0.05) is 0 Å². The molecule has 0 unspecified atom stereocenters. The lowest BCUT2D eigenvalue weighted by atomic mass is 9.96. The van der Waals surface area contributed by atoms with Crippen molar-refractivity contribution >= 4 is 47.5 Å². The number of hydrogen-bond acceptors (Lipinski definition) is 20. The zero-order valence-electron chi connectivity index (χ0n) is 29.6. The van der Waals surface area contributed by atoms with Gasteiger partial charge in [-0.15, -0.1) is 0 Å². The normalized spacial score (nSPS) is 27.9. The van der Waals surface area contributed by atoms with E-state index >= 15 is 0 Å². The Kier molecular flexibility index (Phi) is 15.0. The number of nitro groups is 1. The Morgan fingerprint density at radius 1 is 0.547 bits per heavy atom. The Balaban J connectivity index is 2.21. The first-order chi connectivity index (χ1) is 24.9. The first kappa shape index (κ1) is 42.0. The van der Waals surface area contributed by atoms with Gasteiger partial charge < -0.3 is 52.1 Å². The summed E-state index contributed by atoms with van der Waals surface area (Å²) in [6.07, 6.45) is -16.6. The van der Waals surface area contributed by atoms with E-state index in [0.717, 1.165) is 60.6 Å². The van der Waals surface area contributed by atoms with Gasteiger partial charge in [0.15, 0.2) is 36.8 Å². The molecule has 2 saturated heterocycles. The topological polar surface area (TPSA) is 264 Å². The van der Waals surface area contributed by atoms with E-state index in [4.69, 9.17) is 52.1 Å². The monoisotopic (exact) mass is 757 g/mol. The standard InChI is InChI=1S/C32H39NO20/c1-14(34)43-12-23-25(45-16(3)36)27(47-18(5)38)29(48-19(6)39)32(52-23)53-28-26(46-17(4)37)24(13-44-15(2)35)51-31(30(28)49-20(7)40)50-22-10-8-21(9-11-22)33(41)42/h8-11,23-32H,12-13H2,1-7H3/t23-,24+,25-,26+,27+,28-,29-,30+,31+,32+/m0/s1. The summed E-state index contributed by atoms with van der Waals surface area (Å²) in [5.41, 5.74) is -0.286. The molecule has 0 aliphatic carbocycles. The summed E-state index contributed by atoms with van der Waals surface area (Å²) in [7, 11) is 0. The van der Waals surface area contributed by atoms with Gasteiger partial charge in [-0.05, 0) is 12.1 Å². The molecule has 1 aromatic rings. The molecule has 2 aliphatic rings. The molecule has 0 N–H and O–H groups in total. The largest absolute Gasteiger partial charge is 0.463 e. The number of hydrogen-bond donors (Lipinski definition) is 0. The first-order valence-electron chi connectivity index (χ1n) is 15.9. The molecule has 2 aliphatic heterocycles. The van der Waals surface area contributed by atoms with Gasteiger partial charge in [-0.3, -0.25) is 43.7 Å². The third-order valence-electron chi connectivity index (χ3n) is 7.19. The fraction of sp³-hybridized carbons (Fsp3) is 0.594.